The fourth-order valence-electron chi connectivity index (χ4n) is 3.74. The van der Waals surface area contributed by atoms with Crippen molar-refractivity contribution in [3.05, 3.63) is 23.8 Å². The highest BCUT2D eigenvalue weighted by atomic mass is 16.7. The van der Waals surface area contributed by atoms with Gasteiger partial charge in [-0.3, -0.25) is 9.69 Å². The summed E-state index contributed by atoms with van der Waals surface area (Å²) in [5, 5.41) is 3.07. The van der Waals surface area contributed by atoms with Crippen molar-refractivity contribution in [2.75, 3.05) is 46.1 Å². The Kier molecular flexibility index (Phi) is 5.02. The summed E-state index contributed by atoms with van der Waals surface area (Å²) in [7, 11) is 0. The minimum absolute atomic E-state index is 0.0246. The van der Waals surface area contributed by atoms with E-state index in [-0.39, 0.29) is 11.9 Å². The molecule has 0 bridgehead atoms. The van der Waals surface area contributed by atoms with Crippen molar-refractivity contribution in [3.8, 4) is 11.5 Å². The lowest BCUT2D eigenvalue weighted by atomic mass is 10.0. The predicted molar refractivity (Wildman–Crippen MR) is 94.3 cm³/mol. The van der Waals surface area contributed by atoms with Gasteiger partial charge in [0.15, 0.2) is 17.3 Å². The maximum atomic E-state index is 12.4. The van der Waals surface area contributed by atoms with Crippen LogP contribution in [0.2, 0.25) is 0 Å². The Balaban J connectivity index is 1.28. The number of carbonyl (C=O) groups excluding carboxylic acids is 1. The van der Waals surface area contributed by atoms with Gasteiger partial charge in [0, 0.05) is 25.9 Å². The number of hydrogen-bond donors (Lipinski definition) is 1. The number of ether oxygens (including phenoxy) is 4. The minimum atomic E-state index is -0.397. The zero-order valence-corrected chi connectivity index (χ0v) is 15.2. The van der Waals surface area contributed by atoms with Crippen LogP contribution in [0, 0.1) is 0 Å². The Bertz CT molecular complexity index is 649. The molecular weight excluding hydrogens is 336 g/mol. The first kappa shape index (κ1) is 17.6. The van der Waals surface area contributed by atoms with Gasteiger partial charge in [-0.05, 0) is 24.6 Å². The third-order valence-corrected chi connectivity index (χ3v) is 5.24. The van der Waals surface area contributed by atoms with Crippen molar-refractivity contribution in [2.45, 2.75) is 31.6 Å². The number of nitrogens with one attached hydrogen (secondary N) is 1. The molecule has 1 amide bonds. The van der Waals surface area contributed by atoms with Gasteiger partial charge in [-0.15, -0.1) is 0 Å². The number of benzene rings is 1. The second-order valence-corrected chi connectivity index (χ2v) is 7.08. The van der Waals surface area contributed by atoms with Gasteiger partial charge >= 0.3 is 0 Å². The molecule has 2 fully saturated rings. The molecule has 2 saturated heterocycles. The molecule has 3 heterocycles. The molecule has 26 heavy (non-hydrogen) atoms. The van der Waals surface area contributed by atoms with Gasteiger partial charge in [0.2, 0.25) is 5.91 Å². The van der Waals surface area contributed by atoms with Gasteiger partial charge < -0.3 is 24.3 Å². The average molecular weight is 362 g/mol. The average Bonchev–Trinajstić information content (AvgIpc) is 3.11. The van der Waals surface area contributed by atoms with Crippen LogP contribution in [-0.4, -0.2) is 62.7 Å². The van der Waals surface area contributed by atoms with E-state index < -0.39 is 5.79 Å². The molecule has 1 atom stereocenters. The first-order valence-electron chi connectivity index (χ1n) is 9.33. The summed E-state index contributed by atoms with van der Waals surface area (Å²) in [5.74, 6) is 1.13. The van der Waals surface area contributed by atoms with Crippen molar-refractivity contribution >= 4 is 5.91 Å². The van der Waals surface area contributed by atoms with Gasteiger partial charge in [0.05, 0.1) is 25.8 Å². The molecule has 3 aliphatic heterocycles. The summed E-state index contributed by atoms with van der Waals surface area (Å²) in [6.45, 7) is 6.48. The van der Waals surface area contributed by atoms with Crippen LogP contribution in [0.25, 0.3) is 0 Å². The highest BCUT2D eigenvalue weighted by Gasteiger charge is 2.39. The number of rotatable bonds is 4. The van der Waals surface area contributed by atoms with Crippen LogP contribution in [0.15, 0.2) is 18.2 Å². The third kappa shape index (κ3) is 3.79. The molecule has 1 aromatic carbocycles. The number of hydrogen-bond acceptors (Lipinski definition) is 6. The Morgan fingerprint density at radius 3 is 2.54 bits per heavy atom. The standard InChI is InChI=1S/C19H26N2O5/c1-14(15-2-3-16-17(12-15)24-9-8-23-16)20-18(22)13-21-6-4-19(5-7-21)25-10-11-26-19/h2-3,12,14H,4-11,13H2,1H3,(H,20,22). The number of piperidine rings is 1. The van der Waals surface area contributed by atoms with E-state index in [0.717, 1.165) is 43.0 Å². The molecule has 1 N–H and O–H groups in total. The molecule has 0 aromatic heterocycles. The van der Waals surface area contributed by atoms with Crippen molar-refractivity contribution in [3.63, 3.8) is 0 Å². The molecule has 7 nitrogen and oxygen atoms in total. The zero-order valence-electron chi connectivity index (χ0n) is 15.2. The maximum absolute atomic E-state index is 12.4. The lowest BCUT2D eigenvalue weighted by Gasteiger charge is -2.37. The summed E-state index contributed by atoms with van der Waals surface area (Å²) < 4.78 is 22.6. The smallest absolute Gasteiger partial charge is 0.234 e. The summed E-state index contributed by atoms with van der Waals surface area (Å²) in [5.41, 5.74) is 1.01. The summed E-state index contributed by atoms with van der Waals surface area (Å²) in [6.07, 6.45) is 1.63. The Labute approximate surface area is 153 Å². The topological polar surface area (TPSA) is 69.3 Å². The van der Waals surface area contributed by atoms with Crippen LogP contribution in [0.4, 0.5) is 0 Å². The fraction of sp³-hybridized carbons (Fsp3) is 0.632. The van der Waals surface area contributed by atoms with Crippen molar-refractivity contribution in [1.82, 2.24) is 10.2 Å². The van der Waals surface area contributed by atoms with Crippen LogP contribution in [0.3, 0.4) is 0 Å². The lowest BCUT2D eigenvalue weighted by molar-refractivity contribution is -0.185. The van der Waals surface area contributed by atoms with E-state index in [1.54, 1.807) is 0 Å². The van der Waals surface area contributed by atoms with Crippen molar-refractivity contribution < 1.29 is 23.7 Å². The van der Waals surface area contributed by atoms with Crippen LogP contribution in [-0.2, 0) is 14.3 Å². The first-order chi connectivity index (χ1) is 12.6. The van der Waals surface area contributed by atoms with E-state index in [4.69, 9.17) is 18.9 Å². The van der Waals surface area contributed by atoms with E-state index in [0.29, 0.717) is 33.0 Å². The van der Waals surface area contributed by atoms with Crippen LogP contribution in [0.5, 0.6) is 11.5 Å². The van der Waals surface area contributed by atoms with Crippen molar-refractivity contribution in [1.29, 1.82) is 0 Å². The van der Waals surface area contributed by atoms with E-state index in [1.807, 2.05) is 25.1 Å². The summed E-state index contributed by atoms with van der Waals surface area (Å²) in [4.78, 5) is 14.6. The molecule has 1 spiro atoms. The molecular formula is C19H26N2O5. The van der Waals surface area contributed by atoms with E-state index in [2.05, 4.69) is 10.2 Å². The molecule has 0 saturated carbocycles. The first-order valence-corrected chi connectivity index (χ1v) is 9.33. The molecule has 0 aliphatic carbocycles. The summed E-state index contributed by atoms with van der Waals surface area (Å²) >= 11 is 0. The van der Waals surface area contributed by atoms with Gasteiger partial charge in [-0.25, -0.2) is 0 Å². The van der Waals surface area contributed by atoms with Crippen LogP contribution >= 0.6 is 0 Å². The monoisotopic (exact) mass is 362 g/mol. The van der Waals surface area contributed by atoms with Gasteiger partial charge in [-0.2, -0.15) is 0 Å². The highest BCUT2D eigenvalue weighted by Crippen LogP contribution is 2.33. The lowest BCUT2D eigenvalue weighted by Crippen LogP contribution is -2.48. The number of nitrogens with zero attached hydrogens (tertiary/aromatic N) is 1. The fourth-order valence-corrected chi connectivity index (χ4v) is 3.74. The van der Waals surface area contributed by atoms with Crippen LogP contribution in [0.1, 0.15) is 31.4 Å². The highest BCUT2D eigenvalue weighted by molar-refractivity contribution is 5.78. The minimum Gasteiger partial charge on any atom is -0.486 e. The van der Waals surface area contributed by atoms with Crippen LogP contribution < -0.4 is 14.8 Å². The second-order valence-electron chi connectivity index (χ2n) is 7.08. The number of likely N-dealkylation sites (tertiary alicyclic amines) is 1. The van der Waals surface area contributed by atoms with Crippen molar-refractivity contribution in [2.24, 2.45) is 0 Å². The van der Waals surface area contributed by atoms with Gasteiger partial charge in [-0.1, -0.05) is 6.07 Å². The predicted octanol–water partition coefficient (Wildman–Crippen LogP) is 1.47. The molecule has 1 aromatic rings. The molecule has 7 heteroatoms. The molecule has 1 unspecified atom stereocenters. The molecule has 0 radical (unpaired) electrons. The van der Waals surface area contributed by atoms with E-state index in [9.17, 15) is 4.79 Å². The third-order valence-electron chi connectivity index (χ3n) is 5.24. The van der Waals surface area contributed by atoms with E-state index in [1.165, 1.54) is 0 Å². The molecule has 3 aliphatic rings. The largest absolute Gasteiger partial charge is 0.486 e. The summed E-state index contributed by atoms with van der Waals surface area (Å²) in [6, 6.07) is 5.73. The quantitative estimate of drug-likeness (QED) is 0.875. The zero-order chi connectivity index (χ0) is 18.0. The maximum Gasteiger partial charge on any atom is 0.234 e. The number of fused-ring (bicyclic) bond motifs is 1. The Morgan fingerprint density at radius 1 is 1.12 bits per heavy atom. The second kappa shape index (κ2) is 7.42. The Morgan fingerprint density at radius 2 is 1.81 bits per heavy atom. The molecule has 4 rings (SSSR count). The van der Waals surface area contributed by atoms with Gasteiger partial charge in [0.1, 0.15) is 13.2 Å². The number of amides is 1. The Hall–Kier alpha value is -1.83. The molecule has 142 valence electrons. The van der Waals surface area contributed by atoms with Gasteiger partial charge in [0.25, 0.3) is 0 Å². The van der Waals surface area contributed by atoms with E-state index >= 15 is 0 Å². The normalized spacial score (nSPS) is 23.0. The SMILES string of the molecule is CC(NC(=O)CN1CCC2(CC1)OCCO2)c1ccc2c(c1)OCCO2. The number of carbonyl (C=O) groups is 1.